The molecule has 0 atom stereocenters. The quantitative estimate of drug-likeness (QED) is 0.131. The maximum atomic E-state index is 4.84. The van der Waals surface area contributed by atoms with Gasteiger partial charge in [-0.25, -0.2) is 0 Å². The first-order valence-electron chi connectivity index (χ1n) is 9.24. The minimum atomic E-state index is 0. The zero-order valence-corrected chi connectivity index (χ0v) is 26.8. The fourth-order valence-corrected chi connectivity index (χ4v) is 2.59. The Morgan fingerprint density at radius 3 is 0.757 bits per heavy atom. The van der Waals surface area contributed by atoms with Gasteiger partial charge in [-0.05, 0) is 24.3 Å². The molecule has 0 amide bonds. The van der Waals surface area contributed by atoms with Crippen LogP contribution in [0.5, 0.6) is 23.5 Å². The number of aromatic nitrogens is 4. The molecule has 4 rings (SSSR count). The monoisotopic (exact) mass is 730 g/mol. The van der Waals surface area contributed by atoms with E-state index in [0.717, 1.165) is 0 Å². The van der Waals surface area contributed by atoms with Crippen LogP contribution in [0.3, 0.4) is 0 Å². The van der Waals surface area contributed by atoms with Gasteiger partial charge in [-0.1, -0.05) is 0 Å². The van der Waals surface area contributed by atoms with E-state index in [1.165, 1.54) is 0 Å². The largest absolute Gasteiger partial charge is 4.00 e. The van der Waals surface area contributed by atoms with Crippen LogP contribution < -0.4 is 18.9 Å². The number of thiocarbonyl (C=S) groups is 4. The summed E-state index contributed by atoms with van der Waals surface area (Å²) in [5.74, 6) is 2.37. The summed E-state index contributed by atoms with van der Waals surface area (Å²) in [6.45, 7) is 0. The van der Waals surface area contributed by atoms with E-state index in [0.29, 0.717) is 23.5 Å². The molecular weight excluding hydrogens is 713 g/mol. The number of H-pyrrole nitrogens is 4. The standard InChI is InChI=1S/4C5H5NOS2.Mo/c4*8-5(9)7-4-2-1-3-6-4;/h4*1-3,6H,(H,8,9);/q;;;;+4/p-4. The molecular formula is C20H16MoN4O4S8. The van der Waals surface area contributed by atoms with Gasteiger partial charge in [0.2, 0.25) is 0 Å². The van der Waals surface area contributed by atoms with Gasteiger partial charge < -0.3 is 138 Å². The van der Waals surface area contributed by atoms with Gasteiger partial charge >= 0.3 is 21.1 Å². The normalized spacial score (nSPS) is 8.65. The molecule has 0 unspecified atom stereocenters. The number of hydrogen-bond donors (Lipinski definition) is 4. The van der Waals surface area contributed by atoms with Crippen LogP contribution in [-0.2, 0) is 71.6 Å². The van der Waals surface area contributed by atoms with Gasteiger partial charge in [0.05, 0.1) is 0 Å². The predicted molar refractivity (Wildman–Crippen MR) is 166 cm³/mol. The molecule has 0 saturated carbocycles. The third-order valence-corrected chi connectivity index (χ3v) is 3.72. The number of aromatic amines is 4. The molecule has 0 fully saturated rings. The minimum Gasteiger partial charge on any atom is -0.461 e. The molecule has 0 radical (unpaired) electrons. The van der Waals surface area contributed by atoms with Gasteiger partial charge in [0.25, 0.3) is 0 Å². The van der Waals surface area contributed by atoms with Gasteiger partial charge in [0, 0.05) is 66.6 Å². The summed E-state index contributed by atoms with van der Waals surface area (Å²) >= 11 is 36.1. The second kappa shape index (κ2) is 21.2. The topological polar surface area (TPSA) is 100 Å². The summed E-state index contributed by atoms with van der Waals surface area (Å²) in [6, 6.07) is 14.2. The molecule has 0 aliphatic rings. The Hall–Kier alpha value is -1.75. The van der Waals surface area contributed by atoms with Crippen molar-refractivity contribution in [3.63, 3.8) is 0 Å². The Kier molecular flexibility index (Phi) is 20.2. The molecule has 8 nitrogen and oxygen atoms in total. The summed E-state index contributed by atoms with van der Waals surface area (Å²) in [4.78, 5) is 11.2. The molecule has 0 bridgehead atoms. The van der Waals surface area contributed by atoms with Gasteiger partial charge in [-0.2, -0.15) is 0 Å². The third-order valence-electron chi connectivity index (χ3n) is 3.05. The van der Waals surface area contributed by atoms with Crippen LogP contribution in [0.4, 0.5) is 0 Å². The van der Waals surface area contributed by atoms with E-state index in [1.54, 1.807) is 49.1 Å². The average molecular weight is 729 g/mol. The van der Waals surface area contributed by atoms with Gasteiger partial charge in [-0.15, -0.1) is 0 Å². The molecule has 0 aliphatic heterocycles. The van der Waals surface area contributed by atoms with E-state index < -0.39 is 0 Å². The first-order valence-corrected chi connectivity index (χ1v) is 12.5. The van der Waals surface area contributed by atoms with Crippen LogP contribution in [0.15, 0.2) is 73.3 Å². The van der Waals surface area contributed by atoms with Crippen molar-refractivity contribution < 1.29 is 40.0 Å². The van der Waals surface area contributed by atoms with Crippen LogP contribution in [0.1, 0.15) is 0 Å². The molecule has 0 aliphatic carbocycles. The molecule has 194 valence electrons. The van der Waals surface area contributed by atoms with E-state index in [1.807, 2.05) is 24.3 Å². The molecule has 4 N–H and O–H groups in total. The van der Waals surface area contributed by atoms with E-state index in [2.05, 4.69) is 119 Å². The molecule has 4 aromatic rings. The van der Waals surface area contributed by atoms with Crippen molar-refractivity contribution in [2.45, 2.75) is 0 Å². The first-order chi connectivity index (χ1) is 17.2. The van der Waals surface area contributed by atoms with Crippen LogP contribution in [0, 0.1) is 0 Å². The Balaban J connectivity index is 0.000000463. The van der Waals surface area contributed by atoms with Crippen molar-refractivity contribution >= 4 is 117 Å². The number of rotatable bonds is 4. The summed E-state index contributed by atoms with van der Waals surface area (Å²) in [6.07, 6.45) is 6.96. The minimum absolute atomic E-state index is 0. The van der Waals surface area contributed by atoms with Crippen LogP contribution in [0.2, 0.25) is 0 Å². The van der Waals surface area contributed by atoms with Gasteiger partial charge in [0.1, 0.15) is 0 Å². The molecule has 0 aromatic carbocycles. The Bertz CT molecular complexity index is 971. The van der Waals surface area contributed by atoms with Crippen molar-refractivity contribution in [3.8, 4) is 23.5 Å². The molecule has 0 spiro atoms. The SMILES string of the molecule is S=C([S-])Oc1ccc[nH]1.S=C([S-])Oc1ccc[nH]1.S=C([S-])Oc1ccc[nH]1.S=C([S-])Oc1ccc[nH]1.[Mo+4]. The van der Waals surface area contributed by atoms with Crippen LogP contribution >= 0.6 is 48.9 Å². The van der Waals surface area contributed by atoms with E-state index in [-0.39, 0.29) is 38.6 Å². The average Bonchev–Trinajstić information content (AvgIpc) is 3.58. The van der Waals surface area contributed by atoms with E-state index >= 15 is 0 Å². The maximum absolute atomic E-state index is 4.84. The molecule has 0 saturated heterocycles. The van der Waals surface area contributed by atoms with Crippen molar-refractivity contribution in [1.82, 2.24) is 19.9 Å². The van der Waals surface area contributed by atoms with Crippen molar-refractivity contribution in [2.24, 2.45) is 0 Å². The summed E-state index contributed by atoms with van der Waals surface area (Å²) < 4.78 is 19.8. The zero-order chi connectivity index (χ0) is 26.8. The number of hydrogen-bond acceptors (Lipinski definition) is 12. The maximum Gasteiger partial charge on any atom is 4.00 e. The molecule has 4 heterocycles. The Morgan fingerprint density at radius 1 is 0.459 bits per heavy atom. The summed E-state index contributed by atoms with van der Waals surface area (Å²) in [5.41, 5.74) is 0. The second-order valence-corrected chi connectivity index (χ2v) is 9.55. The summed E-state index contributed by atoms with van der Waals surface area (Å²) in [5, 5.41) is 0. The third kappa shape index (κ3) is 20.0. The van der Waals surface area contributed by atoms with Gasteiger partial charge in [0.15, 0.2) is 23.5 Å². The van der Waals surface area contributed by atoms with Crippen LogP contribution in [-0.4, -0.2) is 37.5 Å². The first kappa shape index (κ1) is 35.2. The zero-order valence-electron chi connectivity index (χ0n) is 18.2. The fraction of sp³-hybridized carbons (Fsp3) is 0. The van der Waals surface area contributed by atoms with Crippen molar-refractivity contribution in [1.29, 1.82) is 0 Å². The second-order valence-electron chi connectivity index (χ2n) is 5.55. The van der Waals surface area contributed by atoms with Crippen molar-refractivity contribution in [3.05, 3.63) is 73.3 Å². The van der Waals surface area contributed by atoms with Crippen molar-refractivity contribution in [2.75, 3.05) is 0 Å². The Morgan fingerprint density at radius 2 is 0.649 bits per heavy atom. The van der Waals surface area contributed by atoms with E-state index in [4.69, 9.17) is 18.9 Å². The summed E-state index contributed by atoms with van der Waals surface area (Å²) in [7, 11) is 0. The predicted octanol–water partition coefficient (Wildman–Crippen LogP) is 4.90. The smallest absolute Gasteiger partial charge is 0.461 e. The van der Waals surface area contributed by atoms with E-state index in [9.17, 15) is 0 Å². The molecule has 37 heavy (non-hydrogen) atoms. The molecule has 17 heteroatoms. The fourth-order valence-electron chi connectivity index (χ4n) is 1.87. The number of ether oxygens (including phenoxy) is 4. The Labute approximate surface area is 271 Å². The van der Waals surface area contributed by atoms with Gasteiger partial charge in [-0.3, -0.25) is 0 Å². The van der Waals surface area contributed by atoms with Crippen LogP contribution in [0.25, 0.3) is 0 Å². The molecule has 4 aromatic heterocycles. The number of nitrogens with one attached hydrogen (secondary N) is 4.